The predicted octanol–water partition coefficient (Wildman–Crippen LogP) is 2.37. The van der Waals surface area contributed by atoms with Crippen LogP contribution >= 0.6 is 11.3 Å². The summed E-state index contributed by atoms with van der Waals surface area (Å²) in [6, 6.07) is 1.74. The van der Waals surface area contributed by atoms with Crippen LogP contribution < -0.4 is 5.32 Å². The molecule has 6 heteroatoms. The third-order valence-electron chi connectivity index (χ3n) is 2.40. The fourth-order valence-corrected chi connectivity index (χ4v) is 2.17. The van der Waals surface area contributed by atoms with Crippen LogP contribution in [0.2, 0.25) is 0 Å². The van der Waals surface area contributed by atoms with E-state index in [1.165, 1.54) is 6.20 Å². The normalized spacial score (nSPS) is 10.2. The van der Waals surface area contributed by atoms with Crippen molar-refractivity contribution in [2.24, 2.45) is 0 Å². The molecule has 2 aromatic rings. The highest BCUT2D eigenvalue weighted by Gasteiger charge is 2.07. The van der Waals surface area contributed by atoms with Gasteiger partial charge in [0.25, 0.3) is 0 Å². The molecule has 2 rings (SSSR count). The number of pyridine rings is 1. The molecule has 0 aliphatic carbocycles. The van der Waals surface area contributed by atoms with E-state index in [1.54, 1.807) is 36.7 Å². The van der Waals surface area contributed by atoms with E-state index in [1.807, 2.05) is 5.38 Å². The van der Waals surface area contributed by atoms with Crippen molar-refractivity contribution in [1.82, 2.24) is 9.97 Å². The van der Waals surface area contributed by atoms with Gasteiger partial charge in [-0.3, -0.25) is 4.98 Å². The lowest BCUT2D eigenvalue weighted by Crippen LogP contribution is -2.08. The van der Waals surface area contributed by atoms with Crippen molar-refractivity contribution in [1.29, 1.82) is 0 Å². The van der Waals surface area contributed by atoms with Crippen LogP contribution in [0.1, 0.15) is 22.3 Å². The average molecular weight is 277 g/mol. The molecule has 0 atom stereocenters. The Bertz CT molecular complexity index is 528. The predicted molar refractivity (Wildman–Crippen MR) is 74.5 cm³/mol. The highest BCUT2D eigenvalue weighted by molar-refractivity contribution is 7.09. The Morgan fingerprint density at radius 1 is 1.47 bits per heavy atom. The highest BCUT2D eigenvalue weighted by atomic mass is 32.1. The monoisotopic (exact) mass is 277 g/mol. The van der Waals surface area contributed by atoms with E-state index in [2.05, 4.69) is 15.3 Å². The van der Waals surface area contributed by atoms with Crippen molar-refractivity contribution in [2.45, 2.75) is 13.3 Å². The lowest BCUT2D eigenvalue weighted by atomic mass is 10.2. The van der Waals surface area contributed by atoms with Crippen molar-refractivity contribution in [2.75, 3.05) is 18.5 Å². The van der Waals surface area contributed by atoms with Crippen molar-refractivity contribution >= 4 is 23.0 Å². The Kier molecular flexibility index (Phi) is 4.85. The maximum Gasteiger partial charge on any atom is 0.339 e. The molecule has 2 aromatic heterocycles. The van der Waals surface area contributed by atoms with Gasteiger partial charge in [-0.1, -0.05) is 0 Å². The summed E-state index contributed by atoms with van der Waals surface area (Å²) in [6.45, 7) is 2.89. The van der Waals surface area contributed by atoms with Crippen LogP contribution in [0, 0.1) is 0 Å². The smallest absolute Gasteiger partial charge is 0.339 e. The Hall–Kier alpha value is -1.95. The number of esters is 1. The number of aromatic nitrogens is 2. The van der Waals surface area contributed by atoms with Crippen LogP contribution in [0.25, 0.3) is 0 Å². The number of rotatable bonds is 6. The summed E-state index contributed by atoms with van der Waals surface area (Å²) < 4.78 is 4.93. The number of carbonyl (C=O) groups is 1. The molecule has 0 aliphatic rings. The fourth-order valence-electron chi connectivity index (χ4n) is 1.55. The minimum Gasteiger partial charge on any atom is -0.462 e. The number of anilines is 1. The number of thiazole rings is 1. The van der Waals surface area contributed by atoms with Crippen LogP contribution in [0.4, 0.5) is 5.69 Å². The molecule has 19 heavy (non-hydrogen) atoms. The zero-order chi connectivity index (χ0) is 13.5. The van der Waals surface area contributed by atoms with Gasteiger partial charge in [0, 0.05) is 36.9 Å². The summed E-state index contributed by atoms with van der Waals surface area (Å²) >= 11 is 1.63. The molecule has 0 unspecified atom stereocenters. The first-order valence-corrected chi connectivity index (χ1v) is 6.92. The summed E-state index contributed by atoms with van der Waals surface area (Å²) in [5.74, 6) is -0.349. The molecule has 0 fully saturated rings. The van der Waals surface area contributed by atoms with E-state index in [9.17, 15) is 4.79 Å². The molecule has 5 nitrogen and oxygen atoms in total. The third kappa shape index (κ3) is 4.03. The molecule has 0 bridgehead atoms. The van der Waals surface area contributed by atoms with E-state index in [4.69, 9.17) is 4.74 Å². The summed E-state index contributed by atoms with van der Waals surface area (Å²) in [4.78, 5) is 19.8. The summed E-state index contributed by atoms with van der Waals surface area (Å²) in [5, 5.41) is 6.26. The number of nitrogens with zero attached hydrogens (tertiary/aromatic N) is 2. The van der Waals surface area contributed by atoms with Gasteiger partial charge in [0.15, 0.2) is 0 Å². The number of ether oxygens (including phenoxy) is 1. The van der Waals surface area contributed by atoms with Crippen LogP contribution in [0.15, 0.2) is 30.0 Å². The second-order valence-electron chi connectivity index (χ2n) is 3.79. The van der Waals surface area contributed by atoms with Crippen molar-refractivity contribution < 1.29 is 9.53 Å². The topological polar surface area (TPSA) is 64.1 Å². The van der Waals surface area contributed by atoms with Crippen LogP contribution in [-0.4, -0.2) is 29.1 Å². The van der Waals surface area contributed by atoms with E-state index >= 15 is 0 Å². The second-order valence-corrected chi connectivity index (χ2v) is 4.76. The van der Waals surface area contributed by atoms with Gasteiger partial charge in [-0.2, -0.15) is 0 Å². The quantitative estimate of drug-likeness (QED) is 0.821. The maximum atomic E-state index is 11.6. The summed E-state index contributed by atoms with van der Waals surface area (Å²) in [6.07, 6.45) is 5.83. The number of carbonyl (C=O) groups excluding carboxylic acids is 1. The Morgan fingerprint density at radius 2 is 2.37 bits per heavy atom. The SMILES string of the molecule is CCOC(=O)c1cncc(NCCc2nccs2)c1. The Morgan fingerprint density at radius 3 is 3.11 bits per heavy atom. The lowest BCUT2D eigenvalue weighted by Gasteiger charge is -2.06. The van der Waals surface area contributed by atoms with Gasteiger partial charge < -0.3 is 10.1 Å². The zero-order valence-corrected chi connectivity index (χ0v) is 11.4. The van der Waals surface area contributed by atoms with Gasteiger partial charge in [-0.05, 0) is 13.0 Å². The van der Waals surface area contributed by atoms with E-state index in [-0.39, 0.29) is 5.97 Å². The molecule has 0 spiro atoms. The first-order chi connectivity index (χ1) is 9.29. The van der Waals surface area contributed by atoms with E-state index < -0.39 is 0 Å². The maximum absolute atomic E-state index is 11.6. The first kappa shape index (κ1) is 13.5. The largest absolute Gasteiger partial charge is 0.462 e. The molecule has 0 saturated carbocycles. The number of nitrogens with one attached hydrogen (secondary N) is 1. The van der Waals surface area contributed by atoms with Gasteiger partial charge in [-0.25, -0.2) is 9.78 Å². The van der Waals surface area contributed by atoms with Crippen LogP contribution in [0.3, 0.4) is 0 Å². The standard InChI is InChI=1S/C13H15N3O2S/c1-2-18-13(17)10-7-11(9-14-8-10)15-4-3-12-16-5-6-19-12/h5-9,15H,2-4H2,1H3. The molecular formula is C13H15N3O2S. The first-order valence-electron chi connectivity index (χ1n) is 6.04. The number of hydrogen-bond acceptors (Lipinski definition) is 6. The van der Waals surface area contributed by atoms with Crippen LogP contribution in [0.5, 0.6) is 0 Å². The summed E-state index contributed by atoms with van der Waals surface area (Å²) in [5.41, 5.74) is 1.27. The second kappa shape index (κ2) is 6.84. The fraction of sp³-hybridized carbons (Fsp3) is 0.308. The molecular weight excluding hydrogens is 262 g/mol. The molecule has 100 valence electrons. The lowest BCUT2D eigenvalue weighted by molar-refractivity contribution is 0.0526. The van der Waals surface area contributed by atoms with Gasteiger partial charge in [-0.15, -0.1) is 11.3 Å². The average Bonchev–Trinajstić information content (AvgIpc) is 2.93. The molecule has 0 amide bonds. The summed E-state index contributed by atoms with van der Waals surface area (Å²) in [7, 11) is 0. The Labute approximate surface area is 115 Å². The van der Waals surface area contributed by atoms with Gasteiger partial charge in [0.2, 0.25) is 0 Å². The van der Waals surface area contributed by atoms with Gasteiger partial charge >= 0.3 is 5.97 Å². The molecule has 1 N–H and O–H groups in total. The van der Waals surface area contributed by atoms with Crippen molar-refractivity contribution in [3.05, 3.63) is 40.6 Å². The minimum atomic E-state index is -0.349. The molecule has 0 saturated heterocycles. The van der Waals surface area contributed by atoms with Crippen molar-refractivity contribution in [3.63, 3.8) is 0 Å². The minimum absolute atomic E-state index is 0.349. The van der Waals surface area contributed by atoms with E-state index in [0.717, 1.165) is 23.7 Å². The number of hydrogen-bond donors (Lipinski definition) is 1. The molecule has 0 aliphatic heterocycles. The Balaban J connectivity index is 1.90. The van der Waals surface area contributed by atoms with Gasteiger partial charge in [0.1, 0.15) is 0 Å². The zero-order valence-electron chi connectivity index (χ0n) is 10.6. The molecule has 2 heterocycles. The van der Waals surface area contributed by atoms with Gasteiger partial charge in [0.05, 0.1) is 22.9 Å². The molecule has 0 radical (unpaired) electrons. The van der Waals surface area contributed by atoms with E-state index in [0.29, 0.717) is 12.2 Å². The highest BCUT2D eigenvalue weighted by Crippen LogP contribution is 2.10. The molecule has 0 aromatic carbocycles. The van der Waals surface area contributed by atoms with Crippen LogP contribution in [-0.2, 0) is 11.2 Å². The third-order valence-corrected chi connectivity index (χ3v) is 3.24. The van der Waals surface area contributed by atoms with Crippen molar-refractivity contribution in [3.8, 4) is 0 Å².